The lowest BCUT2D eigenvalue weighted by Gasteiger charge is -2.10. The van der Waals surface area contributed by atoms with Gasteiger partial charge in [-0.2, -0.15) is 4.98 Å². The molecule has 0 fully saturated rings. The number of carbonyl (C=O) groups excluding carboxylic acids is 2. The van der Waals surface area contributed by atoms with E-state index in [0.717, 1.165) is 11.1 Å². The van der Waals surface area contributed by atoms with Crippen LogP contribution in [-0.2, 0) is 24.4 Å². The molecule has 2 aromatic carbocycles. The SMILES string of the molecule is O=C(NCc1nc(O)c(O)c(C(=O)NCc2ccc3c(c2)OCO3)n1)OCc1ccccc1. The number of hydrogen-bond acceptors (Lipinski definition) is 9. The fourth-order valence-electron chi connectivity index (χ4n) is 2.97. The molecule has 11 nitrogen and oxygen atoms in total. The number of amides is 2. The minimum Gasteiger partial charge on any atom is -0.501 e. The second-order valence-electron chi connectivity index (χ2n) is 6.95. The van der Waals surface area contributed by atoms with Gasteiger partial charge in [-0.15, -0.1) is 0 Å². The maximum absolute atomic E-state index is 12.5. The van der Waals surface area contributed by atoms with Crippen LogP contribution in [0.2, 0.25) is 0 Å². The zero-order valence-electron chi connectivity index (χ0n) is 17.3. The Hall–Kier alpha value is -4.54. The Morgan fingerprint density at radius 1 is 0.939 bits per heavy atom. The Labute approximate surface area is 188 Å². The summed E-state index contributed by atoms with van der Waals surface area (Å²) >= 11 is 0. The summed E-state index contributed by atoms with van der Waals surface area (Å²) in [6, 6.07) is 14.3. The second-order valence-corrected chi connectivity index (χ2v) is 6.95. The third kappa shape index (κ3) is 5.39. The van der Waals surface area contributed by atoms with E-state index in [2.05, 4.69) is 20.6 Å². The van der Waals surface area contributed by atoms with Crippen molar-refractivity contribution in [3.8, 4) is 23.1 Å². The number of alkyl carbamates (subject to hydrolysis) is 1. The number of hydrogen-bond donors (Lipinski definition) is 4. The molecule has 1 aliphatic heterocycles. The van der Waals surface area contributed by atoms with Crippen molar-refractivity contribution in [3.63, 3.8) is 0 Å². The number of aromatic hydroxyl groups is 2. The predicted octanol–water partition coefficient (Wildman–Crippen LogP) is 1.97. The van der Waals surface area contributed by atoms with Crippen molar-refractivity contribution in [2.45, 2.75) is 19.7 Å². The number of benzene rings is 2. The molecule has 0 bridgehead atoms. The van der Waals surface area contributed by atoms with Gasteiger partial charge < -0.3 is 35.1 Å². The molecule has 4 rings (SSSR count). The smallest absolute Gasteiger partial charge is 0.407 e. The number of fused-ring (bicyclic) bond motifs is 1. The van der Waals surface area contributed by atoms with Crippen LogP contribution in [0.15, 0.2) is 48.5 Å². The van der Waals surface area contributed by atoms with E-state index in [0.29, 0.717) is 11.5 Å². The Morgan fingerprint density at radius 3 is 2.55 bits per heavy atom. The second kappa shape index (κ2) is 9.73. The molecule has 33 heavy (non-hydrogen) atoms. The summed E-state index contributed by atoms with van der Waals surface area (Å²) in [6.07, 6.45) is -0.733. The first-order valence-corrected chi connectivity index (χ1v) is 9.89. The van der Waals surface area contributed by atoms with E-state index in [-0.39, 0.29) is 32.3 Å². The minimum absolute atomic E-state index is 0.0713. The fraction of sp³-hybridized carbons (Fsp3) is 0.182. The van der Waals surface area contributed by atoms with Crippen molar-refractivity contribution in [2.24, 2.45) is 0 Å². The van der Waals surface area contributed by atoms with E-state index in [4.69, 9.17) is 14.2 Å². The van der Waals surface area contributed by atoms with Crippen LogP contribution in [0.3, 0.4) is 0 Å². The zero-order chi connectivity index (χ0) is 23.2. The van der Waals surface area contributed by atoms with Crippen LogP contribution in [0, 0.1) is 0 Å². The summed E-state index contributed by atoms with van der Waals surface area (Å²) in [5.41, 5.74) is 1.11. The molecule has 1 aromatic heterocycles. The molecule has 4 N–H and O–H groups in total. The van der Waals surface area contributed by atoms with Crippen LogP contribution in [0.4, 0.5) is 4.79 Å². The van der Waals surface area contributed by atoms with Gasteiger partial charge in [0.15, 0.2) is 23.0 Å². The van der Waals surface area contributed by atoms with Crippen molar-refractivity contribution in [3.05, 3.63) is 71.2 Å². The highest BCUT2D eigenvalue weighted by Gasteiger charge is 2.20. The number of nitrogens with one attached hydrogen (secondary N) is 2. The van der Waals surface area contributed by atoms with Gasteiger partial charge in [0.2, 0.25) is 12.5 Å². The van der Waals surface area contributed by atoms with E-state index < -0.39 is 29.3 Å². The normalized spacial score (nSPS) is 11.6. The van der Waals surface area contributed by atoms with Gasteiger partial charge in [-0.3, -0.25) is 4.79 Å². The molecular formula is C22H20N4O7. The molecule has 0 saturated heterocycles. The summed E-state index contributed by atoms with van der Waals surface area (Å²) in [7, 11) is 0. The highest BCUT2D eigenvalue weighted by atomic mass is 16.7. The standard InChI is InChI=1S/C22H20N4O7/c27-19-18(20(28)23-9-14-6-7-15-16(8-14)33-12-32-15)25-17(26-21(19)29)10-24-22(30)31-11-13-4-2-1-3-5-13/h1-8,27H,9-12H2,(H,23,28)(H,24,30)(H,25,26,29). The van der Waals surface area contributed by atoms with Gasteiger partial charge in [0.1, 0.15) is 6.61 Å². The molecule has 0 saturated carbocycles. The fourth-order valence-corrected chi connectivity index (χ4v) is 2.97. The molecule has 0 spiro atoms. The summed E-state index contributed by atoms with van der Waals surface area (Å²) in [5, 5.41) is 24.9. The van der Waals surface area contributed by atoms with Crippen LogP contribution < -0.4 is 20.1 Å². The van der Waals surface area contributed by atoms with Gasteiger partial charge in [-0.05, 0) is 23.3 Å². The number of carbonyl (C=O) groups is 2. The number of rotatable bonds is 7. The molecule has 170 valence electrons. The van der Waals surface area contributed by atoms with Gasteiger partial charge in [0.25, 0.3) is 11.8 Å². The highest BCUT2D eigenvalue weighted by molar-refractivity contribution is 5.95. The number of nitrogens with zero attached hydrogens (tertiary/aromatic N) is 2. The van der Waals surface area contributed by atoms with E-state index in [1.807, 2.05) is 30.3 Å². The Morgan fingerprint density at radius 2 is 1.73 bits per heavy atom. The van der Waals surface area contributed by atoms with Gasteiger partial charge in [0, 0.05) is 6.54 Å². The summed E-state index contributed by atoms with van der Waals surface area (Å²) in [5.74, 6) is -1.20. The van der Waals surface area contributed by atoms with E-state index in [1.165, 1.54) is 0 Å². The van der Waals surface area contributed by atoms with Gasteiger partial charge in [-0.1, -0.05) is 36.4 Å². The lowest BCUT2D eigenvalue weighted by molar-refractivity contribution is 0.0941. The number of aromatic nitrogens is 2. The minimum atomic E-state index is -0.785. The third-order valence-electron chi connectivity index (χ3n) is 4.62. The average Bonchev–Trinajstić information content (AvgIpc) is 3.30. The first kappa shape index (κ1) is 21.7. The molecule has 0 radical (unpaired) electrons. The third-order valence-corrected chi connectivity index (χ3v) is 4.62. The van der Waals surface area contributed by atoms with Crippen LogP contribution in [0.1, 0.15) is 27.4 Å². The molecule has 0 atom stereocenters. The first-order chi connectivity index (χ1) is 16.0. The van der Waals surface area contributed by atoms with E-state index in [9.17, 15) is 19.8 Å². The summed E-state index contributed by atoms with van der Waals surface area (Å²) < 4.78 is 15.6. The Bertz CT molecular complexity index is 1170. The van der Waals surface area contributed by atoms with Crippen molar-refractivity contribution in [2.75, 3.05) is 6.79 Å². The summed E-state index contributed by atoms with van der Waals surface area (Å²) in [4.78, 5) is 32.1. The van der Waals surface area contributed by atoms with Crippen molar-refractivity contribution in [1.82, 2.24) is 20.6 Å². The molecule has 0 aliphatic carbocycles. The monoisotopic (exact) mass is 452 g/mol. The van der Waals surface area contributed by atoms with Gasteiger partial charge in [-0.25, -0.2) is 9.78 Å². The Kier molecular flexibility index (Phi) is 6.39. The maximum Gasteiger partial charge on any atom is 0.407 e. The van der Waals surface area contributed by atoms with Crippen LogP contribution in [0.5, 0.6) is 23.1 Å². The lowest BCUT2D eigenvalue weighted by Crippen LogP contribution is -2.27. The van der Waals surface area contributed by atoms with Gasteiger partial charge in [0.05, 0.1) is 6.54 Å². The average molecular weight is 452 g/mol. The molecular weight excluding hydrogens is 432 g/mol. The molecule has 11 heteroatoms. The van der Waals surface area contributed by atoms with E-state index in [1.54, 1.807) is 18.2 Å². The molecule has 0 unspecified atom stereocenters. The number of ether oxygens (including phenoxy) is 3. The van der Waals surface area contributed by atoms with E-state index >= 15 is 0 Å². The van der Waals surface area contributed by atoms with Crippen molar-refractivity contribution < 1.29 is 34.0 Å². The Balaban J connectivity index is 1.34. The predicted molar refractivity (Wildman–Crippen MR) is 113 cm³/mol. The molecule has 3 aromatic rings. The lowest BCUT2D eigenvalue weighted by atomic mass is 10.2. The molecule has 2 amide bonds. The van der Waals surface area contributed by atoms with Crippen LogP contribution in [-0.4, -0.2) is 39.0 Å². The molecule has 2 heterocycles. The van der Waals surface area contributed by atoms with Crippen molar-refractivity contribution in [1.29, 1.82) is 0 Å². The topological polar surface area (TPSA) is 152 Å². The zero-order valence-corrected chi connectivity index (χ0v) is 17.3. The van der Waals surface area contributed by atoms with Crippen LogP contribution >= 0.6 is 0 Å². The molecule has 1 aliphatic rings. The van der Waals surface area contributed by atoms with Gasteiger partial charge >= 0.3 is 6.09 Å². The largest absolute Gasteiger partial charge is 0.501 e. The maximum atomic E-state index is 12.5. The quantitative estimate of drug-likeness (QED) is 0.421. The highest BCUT2D eigenvalue weighted by Crippen LogP contribution is 2.32. The van der Waals surface area contributed by atoms with Crippen LogP contribution in [0.25, 0.3) is 0 Å². The van der Waals surface area contributed by atoms with Crippen molar-refractivity contribution >= 4 is 12.0 Å². The first-order valence-electron chi connectivity index (χ1n) is 9.89. The summed E-state index contributed by atoms with van der Waals surface area (Å²) in [6.45, 7) is 0.0840.